The number of benzene rings is 2. The molecule has 10 heteroatoms. The summed E-state index contributed by atoms with van der Waals surface area (Å²) in [7, 11) is 2.19. The minimum absolute atomic E-state index is 0.0170. The lowest BCUT2D eigenvalue weighted by molar-refractivity contribution is -0.112. The van der Waals surface area contributed by atoms with Crippen LogP contribution in [0.3, 0.4) is 0 Å². The monoisotopic (exact) mass is 632 g/mol. The zero-order valence-corrected chi connectivity index (χ0v) is 26.7. The van der Waals surface area contributed by atoms with Gasteiger partial charge >= 0.3 is 0 Å². The summed E-state index contributed by atoms with van der Waals surface area (Å²) >= 11 is 6.02. The number of amides is 1. The minimum Gasteiger partial charge on any atom is -0.491 e. The molecular formula is C35H42ClFN6O2. The van der Waals surface area contributed by atoms with Crippen LogP contribution in [0.4, 0.5) is 21.6 Å². The van der Waals surface area contributed by atoms with Crippen LogP contribution in [0.25, 0.3) is 10.9 Å². The molecule has 7 rings (SSSR count). The highest BCUT2D eigenvalue weighted by Gasteiger charge is 2.54. The Balaban J connectivity index is 1.08. The summed E-state index contributed by atoms with van der Waals surface area (Å²) < 4.78 is 20.2. The summed E-state index contributed by atoms with van der Waals surface area (Å²) in [6.07, 6.45) is 15.4. The molecule has 0 radical (unpaired) electrons. The molecule has 2 saturated carbocycles. The first kappa shape index (κ1) is 30.4. The molecule has 2 N–H and O–H groups in total. The summed E-state index contributed by atoms with van der Waals surface area (Å²) in [5.74, 6) is 0.926. The van der Waals surface area contributed by atoms with Crippen LogP contribution >= 0.6 is 11.6 Å². The highest BCUT2D eigenvalue weighted by molar-refractivity contribution is 6.31. The fraction of sp³-hybridized carbons (Fsp3) is 0.514. The van der Waals surface area contributed by atoms with Gasteiger partial charge in [-0.05, 0) is 93.3 Å². The Labute approximate surface area is 269 Å². The molecular weight excluding hydrogens is 591 g/mol. The van der Waals surface area contributed by atoms with Crippen LogP contribution in [0.15, 0.2) is 48.8 Å². The molecule has 2 spiro atoms. The molecule has 0 bridgehead atoms. The maximum absolute atomic E-state index is 13.8. The number of likely N-dealkylation sites (tertiary alicyclic amines) is 2. The number of piperidine rings is 1. The van der Waals surface area contributed by atoms with E-state index in [0.717, 1.165) is 32.7 Å². The number of hydrogen-bond acceptors (Lipinski definition) is 7. The topological polar surface area (TPSA) is 82.6 Å². The predicted octanol–water partition coefficient (Wildman–Crippen LogP) is 7.04. The van der Waals surface area contributed by atoms with Gasteiger partial charge in [0.05, 0.1) is 22.8 Å². The van der Waals surface area contributed by atoms with Crippen molar-refractivity contribution in [1.82, 2.24) is 19.8 Å². The summed E-state index contributed by atoms with van der Waals surface area (Å²) in [6.45, 7) is 5.91. The minimum atomic E-state index is -0.491. The van der Waals surface area contributed by atoms with Crippen LogP contribution in [-0.4, -0.2) is 72.1 Å². The van der Waals surface area contributed by atoms with Crippen LogP contribution < -0.4 is 15.4 Å². The third-order valence-corrected chi connectivity index (χ3v) is 10.9. The molecule has 4 fully saturated rings. The molecule has 1 aromatic heterocycles. The van der Waals surface area contributed by atoms with E-state index in [-0.39, 0.29) is 10.9 Å². The Hall–Kier alpha value is -3.27. The Morgan fingerprint density at radius 2 is 1.91 bits per heavy atom. The highest BCUT2D eigenvalue weighted by Crippen LogP contribution is 2.59. The molecule has 1 amide bonds. The lowest BCUT2D eigenvalue weighted by Crippen LogP contribution is -2.56. The summed E-state index contributed by atoms with van der Waals surface area (Å²) in [6, 6.07) is 8.14. The van der Waals surface area contributed by atoms with Gasteiger partial charge in [-0.15, -0.1) is 0 Å². The van der Waals surface area contributed by atoms with E-state index in [1.54, 1.807) is 12.1 Å². The van der Waals surface area contributed by atoms with Crippen molar-refractivity contribution in [2.45, 2.75) is 51.4 Å². The van der Waals surface area contributed by atoms with E-state index >= 15 is 0 Å². The van der Waals surface area contributed by atoms with Crippen molar-refractivity contribution in [3.8, 4) is 5.75 Å². The van der Waals surface area contributed by atoms with Gasteiger partial charge < -0.3 is 20.3 Å². The van der Waals surface area contributed by atoms with Gasteiger partial charge in [0.1, 0.15) is 23.7 Å². The average molecular weight is 633 g/mol. The van der Waals surface area contributed by atoms with E-state index in [2.05, 4.69) is 37.4 Å². The van der Waals surface area contributed by atoms with E-state index in [1.807, 2.05) is 18.2 Å². The van der Waals surface area contributed by atoms with Crippen molar-refractivity contribution in [2.75, 3.05) is 57.0 Å². The first-order chi connectivity index (χ1) is 21.8. The molecule has 2 saturated heterocycles. The summed E-state index contributed by atoms with van der Waals surface area (Å²) in [5.41, 5.74) is 2.73. The summed E-state index contributed by atoms with van der Waals surface area (Å²) in [4.78, 5) is 26.9. The molecule has 3 aromatic rings. The molecule has 3 heterocycles. The fourth-order valence-electron chi connectivity index (χ4n) is 7.78. The number of carbonyl (C=O) groups excluding carboxylic acids is 1. The van der Waals surface area contributed by atoms with E-state index in [0.29, 0.717) is 57.2 Å². The van der Waals surface area contributed by atoms with Gasteiger partial charge in [0, 0.05) is 42.9 Å². The van der Waals surface area contributed by atoms with Crippen molar-refractivity contribution < 1.29 is 13.9 Å². The number of ether oxygens (including phenoxy) is 1. The molecule has 4 aliphatic rings. The van der Waals surface area contributed by atoms with Crippen LogP contribution in [0.2, 0.25) is 5.02 Å². The number of hydrogen-bond donors (Lipinski definition) is 2. The fourth-order valence-corrected chi connectivity index (χ4v) is 7.96. The van der Waals surface area contributed by atoms with E-state index in [4.69, 9.17) is 16.3 Å². The molecule has 2 aliphatic heterocycles. The van der Waals surface area contributed by atoms with Gasteiger partial charge in [-0.25, -0.2) is 14.4 Å². The van der Waals surface area contributed by atoms with Crippen molar-refractivity contribution in [3.63, 3.8) is 0 Å². The first-order valence-electron chi connectivity index (χ1n) is 16.3. The van der Waals surface area contributed by atoms with Gasteiger partial charge in [0.2, 0.25) is 5.91 Å². The van der Waals surface area contributed by atoms with Crippen molar-refractivity contribution in [3.05, 3.63) is 59.7 Å². The number of halogens is 2. The van der Waals surface area contributed by atoms with Crippen LogP contribution in [-0.2, 0) is 4.79 Å². The van der Waals surface area contributed by atoms with E-state index in [9.17, 15) is 9.18 Å². The Kier molecular flexibility index (Phi) is 8.44. The number of rotatable bonds is 9. The van der Waals surface area contributed by atoms with Gasteiger partial charge in [-0.3, -0.25) is 9.69 Å². The second-order valence-electron chi connectivity index (χ2n) is 13.8. The SMILES string of the molecule is CN1CCC2(CC1)CC2COc1cc2ncnc(Nc3ccc(F)c(Cl)c3)c2cc1NC(=O)/C=C/CN1CC2(CCCCC2)C1. The standard InChI is InChI=1S/C35H42ClFN6O2/c1-42-14-11-35(12-15-42)19-24(35)20-45-31-18-29-26(33(39-23-38-29)40-25-7-8-28(37)27(36)16-25)17-30(31)41-32(44)6-5-13-43-21-34(22-43)9-3-2-4-10-34/h5-8,16-18,23-24H,2-4,9-15,19-22H2,1H3,(H,41,44)(H,38,39,40)/b6-5+. The quantitative estimate of drug-likeness (QED) is 0.245. The predicted molar refractivity (Wildman–Crippen MR) is 177 cm³/mol. The molecule has 2 aliphatic carbocycles. The normalized spacial score (nSPS) is 22.5. The maximum Gasteiger partial charge on any atom is 0.248 e. The van der Waals surface area contributed by atoms with Crippen LogP contribution in [0.5, 0.6) is 5.75 Å². The smallest absolute Gasteiger partial charge is 0.248 e. The third kappa shape index (κ3) is 6.67. The number of anilines is 3. The van der Waals surface area contributed by atoms with Crippen LogP contribution in [0, 0.1) is 22.6 Å². The Bertz CT molecular complexity index is 1590. The molecule has 1 atom stereocenters. The van der Waals surface area contributed by atoms with Crippen molar-refractivity contribution in [1.29, 1.82) is 0 Å². The zero-order chi connectivity index (χ0) is 31.0. The van der Waals surface area contributed by atoms with E-state index in [1.165, 1.54) is 69.8 Å². The number of nitrogens with one attached hydrogen (secondary N) is 2. The Morgan fingerprint density at radius 3 is 2.69 bits per heavy atom. The first-order valence-corrected chi connectivity index (χ1v) is 16.7. The Morgan fingerprint density at radius 1 is 1.11 bits per heavy atom. The van der Waals surface area contributed by atoms with Gasteiger partial charge in [0.15, 0.2) is 0 Å². The van der Waals surface area contributed by atoms with E-state index < -0.39 is 5.82 Å². The van der Waals surface area contributed by atoms with Crippen molar-refractivity contribution >= 4 is 45.6 Å². The zero-order valence-electron chi connectivity index (χ0n) is 26.0. The molecule has 45 heavy (non-hydrogen) atoms. The molecule has 1 unspecified atom stereocenters. The molecule has 2 aromatic carbocycles. The number of carbonyl (C=O) groups is 1. The number of fused-ring (bicyclic) bond motifs is 1. The maximum atomic E-state index is 13.8. The van der Waals surface area contributed by atoms with Gasteiger partial charge in [0.25, 0.3) is 0 Å². The molecule has 238 valence electrons. The van der Waals surface area contributed by atoms with Gasteiger partial charge in [-0.1, -0.05) is 36.9 Å². The lowest BCUT2D eigenvalue weighted by Gasteiger charge is -2.52. The van der Waals surface area contributed by atoms with Crippen LogP contribution in [0.1, 0.15) is 51.4 Å². The second kappa shape index (κ2) is 12.5. The number of nitrogens with zero attached hydrogens (tertiary/aromatic N) is 4. The third-order valence-electron chi connectivity index (χ3n) is 10.6. The highest BCUT2D eigenvalue weighted by atomic mass is 35.5. The average Bonchev–Trinajstić information content (AvgIpc) is 3.71. The second-order valence-corrected chi connectivity index (χ2v) is 14.2. The summed E-state index contributed by atoms with van der Waals surface area (Å²) in [5, 5.41) is 7.00. The lowest BCUT2D eigenvalue weighted by atomic mass is 9.69. The molecule has 8 nitrogen and oxygen atoms in total. The van der Waals surface area contributed by atoms with Crippen molar-refractivity contribution in [2.24, 2.45) is 16.7 Å². The van der Waals surface area contributed by atoms with Gasteiger partial charge in [-0.2, -0.15) is 0 Å². The number of aromatic nitrogens is 2. The largest absolute Gasteiger partial charge is 0.491 e.